The molecule has 2 heterocycles. The largest absolute Gasteiger partial charge is 0.490 e. The van der Waals surface area contributed by atoms with Crippen LogP contribution in [0.2, 0.25) is 0 Å². The van der Waals surface area contributed by atoms with Crippen molar-refractivity contribution in [2.75, 3.05) is 5.73 Å². The zero-order valence-electron chi connectivity index (χ0n) is 11.3. The van der Waals surface area contributed by atoms with Gasteiger partial charge in [-0.15, -0.1) is 0 Å². The quantitative estimate of drug-likeness (QED) is 0.687. The van der Waals surface area contributed by atoms with Gasteiger partial charge in [-0.1, -0.05) is 6.07 Å². The van der Waals surface area contributed by atoms with Gasteiger partial charge in [-0.2, -0.15) is 0 Å². The molecule has 0 aliphatic heterocycles. The molecular formula is C13H16BN3O3. The number of hydrogen-bond donors (Lipinski definition) is 3. The van der Waals surface area contributed by atoms with E-state index < -0.39 is 7.12 Å². The van der Waals surface area contributed by atoms with Crippen molar-refractivity contribution < 1.29 is 14.8 Å². The fourth-order valence-corrected chi connectivity index (χ4v) is 1.88. The summed E-state index contributed by atoms with van der Waals surface area (Å²) in [4.78, 5) is 8.16. The third-order valence-corrected chi connectivity index (χ3v) is 2.94. The highest BCUT2D eigenvalue weighted by atomic mass is 16.5. The van der Waals surface area contributed by atoms with E-state index in [1.165, 1.54) is 12.3 Å². The standard InChI is InChI=1S/C13H16BN3O3/c1-8-4-3-5-16-12(8)9(2)20-11-6-10(14(18)19)7-17-13(11)15/h3-7,9,18-19H,1-2H3,(H2,15,17). The van der Waals surface area contributed by atoms with Crippen molar-refractivity contribution in [1.29, 1.82) is 0 Å². The molecule has 0 saturated heterocycles. The van der Waals surface area contributed by atoms with Gasteiger partial charge in [0, 0.05) is 17.9 Å². The Morgan fingerprint density at radius 3 is 2.75 bits per heavy atom. The summed E-state index contributed by atoms with van der Waals surface area (Å²) in [6.07, 6.45) is 2.66. The van der Waals surface area contributed by atoms with Crippen molar-refractivity contribution in [1.82, 2.24) is 9.97 Å². The lowest BCUT2D eigenvalue weighted by Crippen LogP contribution is -2.30. The summed E-state index contributed by atoms with van der Waals surface area (Å²) in [5.41, 5.74) is 7.75. The number of nitrogens with two attached hydrogens (primary N) is 1. The van der Waals surface area contributed by atoms with Crippen molar-refractivity contribution in [2.24, 2.45) is 0 Å². The molecule has 6 nitrogen and oxygen atoms in total. The van der Waals surface area contributed by atoms with Crippen LogP contribution in [0.1, 0.15) is 24.3 Å². The van der Waals surface area contributed by atoms with Gasteiger partial charge < -0.3 is 20.5 Å². The molecule has 0 aromatic carbocycles. The molecule has 2 rings (SSSR count). The number of hydrogen-bond acceptors (Lipinski definition) is 6. The molecule has 4 N–H and O–H groups in total. The van der Waals surface area contributed by atoms with E-state index in [1.807, 2.05) is 26.0 Å². The minimum absolute atomic E-state index is 0.190. The van der Waals surface area contributed by atoms with Crippen molar-refractivity contribution in [3.8, 4) is 5.75 Å². The number of rotatable bonds is 4. The molecule has 0 radical (unpaired) electrons. The Bertz CT molecular complexity index is 607. The Labute approximate surface area is 117 Å². The smallest absolute Gasteiger partial charge is 0.481 e. The molecule has 2 aromatic heterocycles. The summed E-state index contributed by atoms with van der Waals surface area (Å²) in [5.74, 6) is 0.489. The van der Waals surface area contributed by atoms with Crippen LogP contribution < -0.4 is 15.9 Å². The maximum Gasteiger partial charge on any atom is 0.490 e. The minimum Gasteiger partial charge on any atom is -0.481 e. The van der Waals surface area contributed by atoms with Crippen LogP contribution in [0.25, 0.3) is 0 Å². The predicted octanol–water partition coefficient (Wildman–Crippen LogP) is 0.187. The third-order valence-electron chi connectivity index (χ3n) is 2.94. The molecule has 0 aliphatic rings. The van der Waals surface area contributed by atoms with E-state index in [2.05, 4.69) is 9.97 Å². The molecule has 20 heavy (non-hydrogen) atoms. The van der Waals surface area contributed by atoms with Crippen LogP contribution in [-0.2, 0) is 0 Å². The summed E-state index contributed by atoms with van der Waals surface area (Å²) in [5, 5.41) is 18.3. The maximum atomic E-state index is 9.14. The molecule has 0 spiro atoms. The lowest BCUT2D eigenvalue weighted by molar-refractivity contribution is 0.222. The van der Waals surface area contributed by atoms with Crippen LogP contribution in [0.5, 0.6) is 5.75 Å². The molecule has 0 bridgehead atoms. The van der Waals surface area contributed by atoms with Gasteiger partial charge in [-0.05, 0) is 31.5 Å². The first-order chi connectivity index (χ1) is 9.49. The van der Waals surface area contributed by atoms with E-state index in [9.17, 15) is 0 Å². The number of anilines is 1. The van der Waals surface area contributed by atoms with Gasteiger partial charge >= 0.3 is 7.12 Å². The second-order valence-corrected chi connectivity index (χ2v) is 4.49. The average Bonchev–Trinajstić information content (AvgIpc) is 2.41. The van der Waals surface area contributed by atoms with Gasteiger partial charge in [0.2, 0.25) is 0 Å². The molecule has 0 amide bonds. The van der Waals surface area contributed by atoms with Gasteiger partial charge in [0.05, 0.1) is 5.69 Å². The highest BCUT2D eigenvalue weighted by Gasteiger charge is 2.17. The summed E-state index contributed by atoms with van der Waals surface area (Å²) < 4.78 is 5.73. The Hall–Kier alpha value is -2.12. The van der Waals surface area contributed by atoms with Crippen molar-refractivity contribution >= 4 is 18.4 Å². The molecule has 1 unspecified atom stereocenters. The van der Waals surface area contributed by atoms with E-state index >= 15 is 0 Å². The molecule has 0 fully saturated rings. The molecule has 1 atom stereocenters. The van der Waals surface area contributed by atoms with Crippen LogP contribution in [-0.4, -0.2) is 27.1 Å². The van der Waals surface area contributed by atoms with Gasteiger partial charge in [0.15, 0.2) is 11.6 Å². The summed E-state index contributed by atoms with van der Waals surface area (Å²) >= 11 is 0. The zero-order chi connectivity index (χ0) is 14.7. The van der Waals surface area contributed by atoms with Crippen molar-refractivity contribution in [3.05, 3.63) is 41.9 Å². The number of ether oxygens (including phenoxy) is 1. The fourth-order valence-electron chi connectivity index (χ4n) is 1.88. The Morgan fingerprint density at radius 1 is 1.35 bits per heavy atom. The maximum absolute atomic E-state index is 9.14. The minimum atomic E-state index is -1.61. The first-order valence-corrected chi connectivity index (χ1v) is 6.18. The molecule has 104 valence electrons. The van der Waals surface area contributed by atoms with E-state index in [1.54, 1.807) is 6.20 Å². The van der Waals surface area contributed by atoms with Gasteiger partial charge in [0.1, 0.15) is 6.10 Å². The van der Waals surface area contributed by atoms with Gasteiger partial charge in [-0.3, -0.25) is 4.98 Å². The fraction of sp³-hybridized carbons (Fsp3) is 0.231. The number of pyridine rings is 2. The number of aryl methyl sites for hydroxylation is 1. The first-order valence-electron chi connectivity index (χ1n) is 6.18. The summed E-state index contributed by atoms with van der Waals surface area (Å²) in [6, 6.07) is 5.25. The Morgan fingerprint density at radius 2 is 2.10 bits per heavy atom. The van der Waals surface area contributed by atoms with Crippen LogP contribution in [0, 0.1) is 6.92 Å². The van der Waals surface area contributed by atoms with E-state index in [0.29, 0.717) is 5.75 Å². The monoisotopic (exact) mass is 273 g/mol. The molecule has 7 heteroatoms. The second-order valence-electron chi connectivity index (χ2n) is 4.49. The lowest BCUT2D eigenvalue weighted by atomic mass is 9.81. The van der Waals surface area contributed by atoms with Crippen molar-refractivity contribution in [2.45, 2.75) is 20.0 Å². The third kappa shape index (κ3) is 3.07. The lowest BCUT2D eigenvalue weighted by Gasteiger charge is -2.17. The SMILES string of the molecule is Cc1cccnc1C(C)Oc1cc(B(O)O)cnc1N. The highest BCUT2D eigenvalue weighted by molar-refractivity contribution is 6.58. The average molecular weight is 273 g/mol. The van der Waals surface area contributed by atoms with Gasteiger partial charge in [-0.25, -0.2) is 4.98 Å². The molecule has 0 saturated carbocycles. The first kappa shape index (κ1) is 14.3. The molecule has 2 aromatic rings. The van der Waals surface area contributed by atoms with Crippen LogP contribution in [0.3, 0.4) is 0 Å². The van der Waals surface area contributed by atoms with Crippen LogP contribution >= 0.6 is 0 Å². The number of nitrogen functional groups attached to an aromatic ring is 1. The van der Waals surface area contributed by atoms with E-state index in [4.69, 9.17) is 20.5 Å². The Kier molecular flexibility index (Phi) is 4.21. The van der Waals surface area contributed by atoms with E-state index in [-0.39, 0.29) is 17.4 Å². The highest BCUT2D eigenvalue weighted by Crippen LogP contribution is 2.25. The predicted molar refractivity (Wildman–Crippen MR) is 76.5 cm³/mol. The molecular weight excluding hydrogens is 257 g/mol. The molecule has 0 aliphatic carbocycles. The second kappa shape index (κ2) is 5.89. The van der Waals surface area contributed by atoms with Gasteiger partial charge in [0.25, 0.3) is 0 Å². The zero-order valence-corrected chi connectivity index (χ0v) is 11.3. The number of aromatic nitrogens is 2. The van der Waals surface area contributed by atoms with E-state index in [0.717, 1.165) is 11.3 Å². The normalized spacial score (nSPS) is 12.0. The Balaban J connectivity index is 2.25. The summed E-state index contributed by atoms with van der Waals surface area (Å²) in [6.45, 7) is 3.79. The topological polar surface area (TPSA) is 101 Å². The summed E-state index contributed by atoms with van der Waals surface area (Å²) in [7, 11) is -1.61. The van der Waals surface area contributed by atoms with Crippen molar-refractivity contribution in [3.63, 3.8) is 0 Å². The van der Waals surface area contributed by atoms with Crippen LogP contribution in [0.15, 0.2) is 30.6 Å². The number of nitrogens with zero attached hydrogens (tertiary/aromatic N) is 2. The van der Waals surface area contributed by atoms with Crippen LogP contribution in [0.4, 0.5) is 5.82 Å².